The zero-order valence-corrected chi connectivity index (χ0v) is 16.0. The molecule has 0 aliphatic carbocycles. The summed E-state index contributed by atoms with van der Waals surface area (Å²) >= 11 is 1.47. The molecule has 1 atom stereocenters. The van der Waals surface area contributed by atoms with Crippen molar-refractivity contribution >= 4 is 33.3 Å². The second-order valence-corrected chi connectivity index (χ2v) is 8.12. The zero-order chi connectivity index (χ0) is 19.0. The molecule has 2 aromatic carbocycles. The van der Waals surface area contributed by atoms with Gasteiger partial charge in [0, 0.05) is 11.2 Å². The molecule has 0 saturated carbocycles. The van der Waals surface area contributed by atoms with Gasteiger partial charge in [-0.2, -0.15) is 0 Å². The summed E-state index contributed by atoms with van der Waals surface area (Å²) in [6.45, 7) is 2.56. The highest BCUT2D eigenvalue weighted by Crippen LogP contribution is 2.35. The minimum Gasteiger partial charge on any atom is -0.480 e. The third-order valence-electron chi connectivity index (χ3n) is 5.19. The normalized spacial score (nSPS) is 16.8. The van der Waals surface area contributed by atoms with Gasteiger partial charge in [0.2, 0.25) is 0 Å². The fourth-order valence-electron chi connectivity index (χ4n) is 3.75. The van der Waals surface area contributed by atoms with E-state index in [4.69, 9.17) is 0 Å². The summed E-state index contributed by atoms with van der Waals surface area (Å²) in [6.07, 6.45) is 1.93. The summed E-state index contributed by atoms with van der Waals surface area (Å²) in [5.41, 5.74) is 3.35. The molecule has 0 radical (unpaired) electrons. The molecule has 5 heteroatoms. The Labute approximate surface area is 162 Å². The summed E-state index contributed by atoms with van der Waals surface area (Å²) in [6, 6.07) is 15.6. The molecule has 2 heterocycles. The van der Waals surface area contributed by atoms with Crippen LogP contribution < -0.4 is 0 Å². The molecule has 0 spiro atoms. The van der Waals surface area contributed by atoms with Crippen LogP contribution in [0, 0.1) is 6.92 Å². The molecule has 1 unspecified atom stereocenters. The van der Waals surface area contributed by atoms with Gasteiger partial charge in [-0.15, -0.1) is 11.3 Å². The van der Waals surface area contributed by atoms with E-state index in [9.17, 15) is 14.7 Å². The molecule has 27 heavy (non-hydrogen) atoms. The summed E-state index contributed by atoms with van der Waals surface area (Å²) in [4.78, 5) is 27.0. The summed E-state index contributed by atoms with van der Waals surface area (Å²) in [7, 11) is 0. The fourth-order valence-corrected chi connectivity index (χ4v) is 4.93. The van der Waals surface area contributed by atoms with E-state index >= 15 is 0 Å². The van der Waals surface area contributed by atoms with E-state index in [0.29, 0.717) is 24.3 Å². The van der Waals surface area contributed by atoms with Crippen LogP contribution in [0.1, 0.15) is 39.2 Å². The maximum Gasteiger partial charge on any atom is 0.326 e. The monoisotopic (exact) mass is 379 g/mol. The predicted molar refractivity (Wildman–Crippen MR) is 108 cm³/mol. The minimum absolute atomic E-state index is 0.150. The molecular weight excluding hydrogens is 358 g/mol. The van der Waals surface area contributed by atoms with Gasteiger partial charge in [0.05, 0.1) is 4.88 Å². The van der Waals surface area contributed by atoms with Gasteiger partial charge in [-0.25, -0.2) is 4.79 Å². The Morgan fingerprint density at radius 3 is 2.63 bits per heavy atom. The average molecular weight is 379 g/mol. The first kappa shape index (κ1) is 17.7. The van der Waals surface area contributed by atoms with Crippen LogP contribution in [-0.4, -0.2) is 34.5 Å². The molecule has 4 rings (SSSR count). The molecule has 1 aliphatic heterocycles. The number of likely N-dealkylation sites (tertiary alicyclic amines) is 1. The van der Waals surface area contributed by atoms with Crippen LogP contribution in [-0.2, 0) is 11.2 Å². The Morgan fingerprint density at radius 2 is 1.89 bits per heavy atom. The van der Waals surface area contributed by atoms with E-state index in [1.165, 1.54) is 21.8 Å². The third-order valence-corrected chi connectivity index (χ3v) is 6.39. The molecule has 3 aromatic rings. The SMILES string of the molecule is Cc1ccc(Cc2c(C(=O)N3CCCC3C(=O)O)sc3ccccc23)cc1. The maximum absolute atomic E-state index is 13.3. The number of hydrogen-bond acceptors (Lipinski definition) is 3. The molecule has 1 aliphatic rings. The van der Waals surface area contributed by atoms with E-state index in [1.54, 1.807) is 0 Å². The van der Waals surface area contributed by atoms with Gasteiger partial charge < -0.3 is 10.0 Å². The first-order valence-electron chi connectivity index (χ1n) is 9.14. The largest absolute Gasteiger partial charge is 0.480 e. The van der Waals surface area contributed by atoms with Gasteiger partial charge in [0.15, 0.2) is 0 Å². The van der Waals surface area contributed by atoms with Crippen molar-refractivity contribution < 1.29 is 14.7 Å². The Balaban J connectivity index is 1.76. The van der Waals surface area contributed by atoms with Crippen molar-refractivity contribution in [2.24, 2.45) is 0 Å². The third kappa shape index (κ3) is 3.35. The molecule has 1 amide bonds. The summed E-state index contributed by atoms with van der Waals surface area (Å²) in [5.74, 6) is -1.06. The summed E-state index contributed by atoms with van der Waals surface area (Å²) in [5, 5.41) is 10.5. The summed E-state index contributed by atoms with van der Waals surface area (Å²) < 4.78 is 1.06. The smallest absolute Gasteiger partial charge is 0.326 e. The van der Waals surface area contributed by atoms with Gasteiger partial charge >= 0.3 is 5.97 Å². The highest BCUT2D eigenvalue weighted by Gasteiger charge is 2.36. The van der Waals surface area contributed by atoms with E-state index in [0.717, 1.165) is 27.6 Å². The number of carboxylic acid groups (broad SMARTS) is 1. The van der Waals surface area contributed by atoms with Gasteiger partial charge in [0.25, 0.3) is 5.91 Å². The molecular formula is C22H21NO3S. The van der Waals surface area contributed by atoms with Crippen molar-refractivity contribution in [3.05, 3.63) is 70.1 Å². The predicted octanol–water partition coefficient (Wildman–Crippen LogP) is 4.49. The first-order chi connectivity index (χ1) is 13.0. The molecule has 0 bridgehead atoms. The molecule has 138 valence electrons. The lowest BCUT2D eigenvalue weighted by Crippen LogP contribution is -2.40. The van der Waals surface area contributed by atoms with Gasteiger partial charge in [-0.1, -0.05) is 48.0 Å². The number of aryl methyl sites for hydroxylation is 1. The minimum atomic E-state index is -0.915. The number of hydrogen-bond donors (Lipinski definition) is 1. The Bertz CT molecular complexity index is 1010. The number of rotatable bonds is 4. The quantitative estimate of drug-likeness (QED) is 0.727. The van der Waals surface area contributed by atoms with Crippen molar-refractivity contribution in [3.63, 3.8) is 0 Å². The second-order valence-electron chi connectivity index (χ2n) is 7.06. The van der Waals surface area contributed by atoms with Crippen LogP contribution in [0.2, 0.25) is 0 Å². The highest BCUT2D eigenvalue weighted by atomic mass is 32.1. The van der Waals surface area contributed by atoms with Crippen molar-refractivity contribution in [1.29, 1.82) is 0 Å². The van der Waals surface area contributed by atoms with Gasteiger partial charge in [-0.05, 0) is 48.8 Å². The number of aliphatic carboxylic acids is 1. The van der Waals surface area contributed by atoms with Crippen molar-refractivity contribution in [2.75, 3.05) is 6.54 Å². The number of thiophene rings is 1. The van der Waals surface area contributed by atoms with Crippen LogP contribution in [0.5, 0.6) is 0 Å². The Morgan fingerprint density at radius 1 is 1.15 bits per heavy atom. The van der Waals surface area contributed by atoms with Crippen LogP contribution in [0.4, 0.5) is 0 Å². The average Bonchev–Trinajstić information content (AvgIpc) is 3.29. The number of benzene rings is 2. The highest BCUT2D eigenvalue weighted by molar-refractivity contribution is 7.21. The van der Waals surface area contributed by atoms with Crippen LogP contribution in [0.25, 0.3) is 10.1 Å². The van der Waals surface area contributed by atoms with E-state index in [1.807, 2.05) is 24.3 Å². The standard InChI is InChI=1S/C22H21NO3S/c1-14-8-10-15(11-9-14)13-17-16-5-2-3-7-19(16)27-20(17)21(24)23-12-4-6-18(23)22(25)26/h2-3,5,7-11,18H,4,6,12-13H2,1H3,(H,25,26). The molecule has 1 saturated heterocycles. The number of nitrogens with zero attached hydrogens (tertiary/aromatic N) is 1. The molecule has 1 fully saturated rings. The van der Waals surface area contributed by atoms with E-state index in [2.05, 4.69) is 31.2 Å². The van der Waals surface area contributed by atoms with Gasteiger partial charge in [0.1, 0.15) is 6.04 Å². The number of amides is 1. The molecule has 4 nitrogen and oxygen atoms in total. The zero-order valence-electron chi connectivity index (χ0n) is 15.1. The second kappa shape index (κ2) is 7.16. The fraction of sp³-hybridized carbons (Fsp3) is 0.273. The lowest BCUT2D eigenvalue weighted by Gasteiger charge is -2.21. The van der Waals surface area contributed by atoms with Gasteiger partial charge in [-0.3, -0.25) is 4.79 Å². The van der Waals surface area contributed by atoms with Crippen LogP contribution in [0.15, 0.2) is 48.5 Å². The molecule has 1 aromatic heterocycles. The maximum atomic E-state index is 13.3. The number of carbonyl (C=O) groups excluding carboxylic acids is 1. The first-order valence-corrected chi connectivity index (χ1v) is 9.96. The van der Waals surface area contributed by atoms with Crippen molar-refractivity contribution in [1.82, 2.24) is 4.90 Å². The van der Waals surface area contributed by atoms with Crippen molar-refractivity contribution in [3.8, 4) is 0 Å². The van der Waals surface area contributed by atoms with E-state index in [-0.39, 0.29) is 5.91 Å². The van der Waals surface area contributed by atoms with E-state index < -0.39 is 12.0 Å². The van der Waals surface area contributed by atoms with Crippen LogP contribution >= 0.6 is 11.3 Å². The Kier molecular flexibility index (Phi) is 4.70. The van der Waals surface area contributed by atoms with Crippen LogP contribution in [0.3, 0.4) is 0 Å². The lowest BCUT2D eigenvalue weighted by molar-refractivity contribution is -0.141. The number of fused-ring (bicyclic) bond motifs is 1. The topological polar surface area (TPSA) is 57.6 Å². The molecule has 1 N–H and O–H groups in total. The van der Waals surface area contributed by atoms with Crippen molar-refractivity contribution in [2.45, 2.75) is 32.2 Å². The lowest BCUT2D eigenvalue weighted by atomic mass is 10.0. The Hall–Kier alpha value is -2.66. The number of carboxylic acids is 1. The number of carbonyl (C=O) groups is 2.